The number of benzene rings is 2. The number of nitro benzene ring substituents is 1. The number of nitrogens with zero attached hydrogens (tertiary/aromatic N) is 1. The highest BCUT2D eigenvalue weighted by molar-refractivity contribution is 7.86. The predicted molar refractivity (Wildman–Crippen MR) is 71.3 cm³/mol. The lowest BCUT2D eigenvalue weighted by molar-refractivity contribution is -0.385. The molecule has 0 saturated heterocycles. The Morgan fingerprint density at radius 1 is 0.920 bits per heavy atom. The first-order valence-corrected chi connectivity index (χ1v) is 7.62. The average molecular weight is 383 g/mol. The molecule has 0 aliphatic carbocycles. The van der Waals surface area contributed by atoms with E-state index in [4.69, 9.17) is 0 Å². The minimum Gasteiger partial charge on any atom is -0.261 e. The fraction of sp³-hybridized carbons (Fsp3) is 0.0769. The second-order valence-corrected chi connectivity index (χ2v) is 6.05. The monoisotopic (exact) mass is 383 g/mol. The van der Waals surface area contributed by atoms with Gasteiger partial charge in [0.05, 0.1) is 17.1 Å². The molecule has 0 heterocycles. The second-order valence-electron chi connectivity index (χ2n) is 4.50. The van der Waals surface area contributed by atoms with Crippen LogP contribution < -0.4 is 0 Å². The highest BCUT2D eigenvalue weighted by Crippen LogP contribution is 2.29. The Bertz CT molecular complexity index is 935. The maximum absolute atomic E-state index is 13.5. The van der Waals surface area contributed by atoms with Crippen LogP contribution in [-0.4, -0.2) is 13.3 Å². The van der Waals surface area contributed by atoms with Gasteiger partial charge in [0.1, 0.15) is 0 Å². The van der Waals surface area contributed by atoms with Crippen LogP contribution in [0.5, 0.6) is 0 Å². The van der Waals surface area contributed by atoms with Gasteiger partial charge in [-0.05, 0) is 6.07 Å². The molecular weight excluding hydrogens is 377 g/mol. The molecule has 0 spiro atoms. The third kappa shape index (κ3) is 3.44. The van der Waals surface area contributed by atoms with Crippen molar-refractivity contribution in [2.24, 2.45) is 0 Å². The van der Waals surface area contributed by atoms with Crippen molar-refractivity contribution in [3.8, 4) is 0 Å². The Labute approximate surface area is 136 Å². The summed E-state index contributed by atoms with van der Waals surface area (Å²) in [6, 6.07) is 4.65. The molecule has 0 aliphatic heterocycles. The highest BCUT2D eigenvalue weighted by atomic mass is 32.2. The molecule has 0 amide bonds. The topological polar surface area (TPSA) is 86.5 Å². The lowest BCUT2D eigenvalue weighted by atomic mass is 10.2. The summed E-state index contributed by atoms with van der Waals surface area (Å²) in [6.07, 6.45) is 0. The molecule has 0 fully saturated rings. The molecule has 0 saturated carbocycles. The number of halogens is 5. The Hall–Kier alpha value is -2.60. The molecule has 0 aliphatic rings. The Morgan fingerprint density at radius 3 is 1.92 bits per heavy atom. The van der Waals surface area contributed by atoms with Crippen molar-refractivity contribution < 1.29 is 39.5 Å². The first kappa shape index (κ1) is 18.7. The fourth-order valence-electron chi connectivity index (χ4n) is 1.82. The zero-order chi connectivity index (χ0) is 18.9. The van der Waals surface area contributed by atoms with E-state index in [-0.39, 0.29) is 5.56 Å². The Morgan fingerprint density at radius 2 is 1.40 bits per heavy atom. The number of nitro groups is 1. The van der Waals surface area contributed by atoms with Gasteiger partial charge in [-0.25, -0.2) is 22.0 Å². The van der Waals surface area contributed by atoms with Gasteiger partial charge in [0.15, 0.2) is 28.2 Å². The maximum Gasteiger partial charge on any atom is 0.303 e. The smallest absolute Gasteiger partial charge is 0.261 e. The van der Waals surface area contributed by atoms with Gasteiger partial charge in [-0.3, -0.25) is 14.3 Å². The summed E-state index contributed by atoms with van der Waals surface area (Å²) < 4.78 is 94.1. The van der Waals surface area contributed by atoms with Gasteiger partial charge in [-0.15, -0.1) is 0 Å². The van der Waals surface area contributed by atoms with Crippen LogP contribution in [0, 0.1) is 39.2 Å². The van der Waals surface area contributed by atoms with Crippen molar-refractivity contribution in [1.82, 2.24) is 0 Å². The number of hydrogen-bond donors (Lipinski definition) is 0. The molecule has 0 bridgehead atoms. The van der Waals surface area contributed by atoms with Crippen LogP contribution >= 0.6 is 0 Å². The molecule has 0 aromatic heterocycles. The van der Waals surface area contributed by atoms with Crippen LogP contribution in [0.3, 0.4) is 0 Å². The third-order valence-corrected chi connectivity index (χ3v) is 4.26. The first-order valence-electron chi connectivity index (χ1n) is 6.21. The predicted octanol–water partition coefficient (Wildman–Crippen LogP) is 3.20. The van der Waals surface area contributed by atoms with Crippen molar-refractivity contribution in [3.63, 3.8) is 0 Å². The lowest BCUT2D eigenvalue weighted by Gasteiger charge is -2.09. The Kier molecular flexibility index (Phi) is 5.04. The van der Waals surface area contributed by atoms with Crippen molar-refractivity contribution in [1.29, 1.82) is 0 Å². The summed E-state index contributed by atoms with van der Waals surface area (Å²) >= 11 is 0. The minimum atomic E-state index is -5.44. The molecule has 0 N–H and O–H groups in total. The van der Waals surface area contributed by atoms with Crippen LogP contribution in [0.15, 0.2) is 29.2 Å². The quantitative estimate of drug-likeness (QED) is 0.198. The van der Waals surface area contributed by atoms with Gasteiger partial charge in [0.2, 0.25) is 5.82 Å². The highest BCUT2D eigenvalue weighted by Gasteiger charge is 2.34. The van der Waals surface area contributed by atoms with Crippen molar-refractivity contribution in [3.05, 3.63) is 69.0 Å². The van der Waals surface area contributed by atoms with E-state index in [1.165, 1.54) is 12.1 Å². The molecular formula is C13H6F5NO5S. The summed E-state index contributed by atoms with van der Waals surface area (Å²) in [4.78, 5) is 7.74. The van der Waals surface area contributed by atoms with Crippen LogP contribution in [0.2, 0.25) is 0 Å². The van der Waals surface area contributed by atoms with Crippen LogP contribution in [-0.2, 0) is 20.9 Å². The van der Waals surface area contributed by atoms with Crippen molar-refractivity contribution >= 4 is 15.8 Å². The first-order chi connectivity index (χ1) is 11.6. The number of para-hydroxylation sites is 1. The summed E-state index contributed by atoms with van der Waals surface area (Å²) in [5, 5.41) is 10.8. The standard InChI is InChI=1S/C13H6F5NO5S/c14-8-9(15)11(17)13(12(18)10(8)16)25(22,23)24-5-6-3-1-2-4-7(6)19(20)21/h1-4H,5H2. The molecule has 12 heteroatoms. The summed E-state index contributed by atoms with van der Waals surface area (Å²) in [5.41, 5.74) is -0.852. The van der Waals surface area contributed by atoms with Gasteiger partial charge in [0, 0.05) is 6.07 Å². The minimum absolute atomic E-state index is 0.292. The van der Waals surface area contributed by atoms with E-state index < -0.39 is 61.3 Å². The van der Waals surface area contributed by atoms with E-state index in [0.29, 0.717) is 0 Å². The van der Waals surface area contributed by atoms with E-state index in [1.54, 1.807) is 0 Å². The maximum atomic E-state index is 13.5. The molecule has 25 heavy (non-hydrogen) atoms. The van der Waals surface area contributed by atoms with Crippen LogP contribution in [0.25, 0.3) is 0 Å². The average Bonchev–Trinajstić information content (AvgIpc) is 2.56. The third-order valence-electron chi connectivity index (χ3n) is 2.98. The van der Waals surface area contributed by atoms with Gasteiger partial charge >= 0.3 is 10.1 Å². The van der Waals surface area contributed by atoms with Gasteiger partial charge in [0.25, 0.3) is 5.69 Å². The molecule has 6 nitrogen and oxygen atoms in total. The number of hydrogen-bond acceptors (Lipinski definition) is 5. The molecule has 2 aromatic rings. The van der Waals surface area contributed by atoms with E-state index in [2.05, 4.69) is 4.18 Å². The molecule has 0 atom stereocenters. The second kappa shape index (κ2) is 6.72. The summed E-state index contributed by atoms with van der Waals surface area (Å²) in [6.45, 7) is -1.06. The fourth-order valence-corrected chi connectivity index (χ4v) is 2.83. The van der Waals surface area contributed by atoms with E-state index in [9.17, 15) is 40.5 Å². The molecule has 134 valence electrons. The Balaban J connectivity index is 2.44. The largest absolute Gasteiger partial charge is 0.303 e. The zero-order valence-corrected chi connectivity index (χ0v) is 12.6. The number of rotatable bonds is 5. The normalized spacial score (nSPS) is 11.6. The van der Waals surface area contributed by atoms with Crippen molar-refractivity contribution in [2.45, 2.75) is 11.5 Å². The van der Waals surface area contributed by atoms with Crippen LogP contribution in [0.4, 0.5) is 27.6 Å². The van der Waals surface area contributed by atoms with Gasteiger partial charge in [-0.1, -0.05) is 12.1 Å². The lowest BCUT2D eigenvalue weighted by Crippen LogP contribution is -2.15. The molecule has 0 unspecified atom stereocenters. The van der Waals surface area contributed by atoms with E-state index in [0.717, 1.165) is 12.1 Å². The van der Waals surface area contributed by atoms with E-state index in [1.807, 2.05) is 0 Å². The van der Waals surface area contributed by atoms with E-state index >= 15 is 0 Å². The van der Waals surface area contributed by atoms with Gasteiger partial charge in [-0.2, -0.15) is 8.42 Å². The summed E-state index contributed by atoms with van der Waals surface area (Å²) in [5.74, 6) is -12.7. The van der Waals surface area contributed by atoms with Gasteiger partial charge < -0.3 is 0 Å². The summed E-state index contributed by atoms with van der Waals surface area (Å²) in [7, 11) is -5.44. The molecule has 2 aromatic carbocycles. The van der Waals surface area contributed by atoms with Crippen molar-refractivity contribution in [2.75, 3.05) is 0 Å². The zero-order valence-electron chi connectivity index (χ0n) is 11.8. The van der Waals surface area contributed by atoms with Crippen LogP contribution in [0.1, 0.15) is 5.56 Å². The SMILES string of the molecule is O=[N+]([O-])c1ccccc1COS(=O)(=O)c1c(F)c(F)c(F)c(F)c1F. The molecule has 2 rings (SSSR count). The molecule has 0 radical (unpaired) electrons.